The predicted molar refractivity (Wildman–Crippen MR) is 112 cm³/mol. The van der Waals surface area contributed by atoms with Crippen molar-refractivity contribution in [3.63, 3.8) is 0 Å². The minimum atomic E-state index is 0. The Morgan fingerprint density at radius 3 is 2.35 bits per heavy atom. The lowest BCUT2D eigenvalue weighted by atomic mass is 10.1. The summed E-state index contributed by atoms with van der Waals surface area (Å²) < 4.78 is 0. The number of para-hydroxylation sites is 1. The number of benzene rings is 3. The van der Waals surface area contributed by atoms with Gasteiger partial charge in [-0.15, -0.1) is 12.4 Å². The monoisotopic (exact) mass is 381 g/mol. The lowest BCUT2D eigenvalue weighted by Gasteiger charge is -2.13. The van der Waals surface area contributed by atoms with Gasteiger partial charge in [-0.3, -0.25) is 0 Å². The summed E-state index contributed by atoms with van der Waals surface area (Å²) in [5.41, 5.74) is 3.82. The van der Waals surface area contributed by atoms with Gasteiger partial charge in [0, 0.05) is 21.7 Å². The molecule has 1 aromatic heterocycles. The maximum atomic E-state index is 6.25. The van der Waals surface area contributed by atoms with E-state index in [4.69, 9.17) is 21.6 Å². The number of hydrogen-bond donors (Lipinski definition) is 1. The predicted octanol–water partition coefficient (Wildman–Crippen LogP) is 6.42. The third kappa shape index (κ3) is 3.50. The zero-order chi connectivity index (χ0) is 17.2. The van der Waals surface area contributed by atoms with Crippen LogP contribution >= 0.6 is 24.0 Å². The van der Waals surface area contributed by atoms with E-state index in [0.717, 1.165) is 38.6 Å². The third-order valence-electron chi connectivity index (χ3n) is 4.16. The van der Waals surface area contributed by atoms with Gasteiger partial charge in [-0.05, 0) is 36.8 Å². The lowest BCUT2D eigenvalue weighted by molar-refractivity contribution is 1.22. The van der Waals surface area contributed by atoms with E-state index in [2.05, 4.69) is 5.32 Å². The molecular formula is C21H17Cl2N3. The van der Waals surface area contributed by atoms with Gasteiger partial charge in [0.1, 0.15) is 5.82 Å². The quantitative estimate of drug-likeness (QED) is 0.444. The zero-order valence-electron chi connectivity index (χ0n) is 14.1. The Bertz CT molecular complexity index is 1050. The highest BCUT2D eigenvalue weighted by molar-refractivity contribution is 6.31. The summed E-state index contributed by atoms with van der Waals surface area (Å²) in [7, 11) is 0. The number of nitrogens with one attached hydrogen (secondary N) is 1. The van der Waals surface area contributed by atoms with Crippen LogP contribution in [-0.4, -0.2) is 9.97 Å². The number of rotatable bonds is 3. The second-order valence-corrected chi connectivity index (χ2v) is 6.22. The molecule has 0 fully saturated rings. The van der Waals surface area contributed by atoms with E-state index >= 15 is 0 Å². The van der Waals surface area contributed by atoms with Gasteiger partial charge >= 0.3 is 0 Å². The van der Waals surface area contributed by atoms with E-state index in [1.807, 2.05) is 79.7 Å². The van der Waals surface area contributed by atoms with Crippen molar-refractivity contribution in [3.8, 4) is 11.4 Å². The fourth-order valence-electron chi connectivity index (χ4n) is 2.76. The van der Waals surface area contributed by atoms with E-state index in [9.17, 15) is 0 Å². The van der Waals surface area contributed by atoms with E-state index in [1.165, 1.54) is 0 Å². The number of halogens is 2. The summed E-state index contributed by atoms with van der Waals surface area (Å²) in [5, 5.41) is 5.13. The minimum Gasteiger partial charge on any atom is -0.339 e. The van der Waals surface area contributed by atoms with Crippen molar-refractivity contribution >= 4 is 46.4 Å². The Morgan fingerprint density at radius 1 is 0.808 bits per heavy atom. The molecule has 0 atom stereocenters. The fraction of sp³-hybridized carbons (Fsp3) is 0.0476. The summed E-state index contributed by atoms with van der Waals surface area (Å²) in [6, 6.07) is 23.8. The Hall–Kier alpha value is -2.62. The van der Waals surface area contributed by atoms with Gasteiger partial charge in [0.2, 0.25) is 0 Å². The Morgan fingerprint density at radius 2 is 1.54 bits per heavy atom. The summed E-state index contributed by atoms with van der Waals surface area (Å²) in [6.07, 6.45) is 0. The van der Waals surface area contributed by atoms with Crippen molar-refractivity contribution in [3.05, 3.63) is 83.4 Å². The Balaban J connectivity index is 0.00000196. The summed E-state index contributed by atoms with van der Waals surface area (Å²) in [6.45, 7) is 1.99. The molecule has 4 aromatic rings. The average molecular weight is 382 g/mol. The first kappa shape index (κ1) is 18.2. The molecule has 0 amide bonds. The van der Waals surface area contributed by atoms with Gasteiger partial charge in [0.05, 0.1) is 5.52 Å². The molecule has 3 aromatic carbocycles. The van der Waals surface area contributed by atoms with Crippen molar-refractivity contribution in [1.29, 1.82) is 0 Å². The standard InChI is InChI=1S/C21H16ClN3.ClH/c1-14-17(22)11-7-13-18(14)23-21-16-10-5-6-12-19(16)24-20(25-21)15-8-3-2-4-9-15;/h2-13H,1H3,(H,23,24,25);1H. The van der Waals surface area contributed by atoms with Crippen LogP contribution < -0.4 is 5.32 Å². The second-order valence-electron chi connectivity index (χ2n) is 5.82. The van der Waals surface area contributed by atoms with Crippen molar-refractivity contribution < 1.29 is 0 Å². The van der Waals surface area contributed by atoms with Gasteiger partial charge in [-0.2, -0.15) is 0 Å². The maximum absolute atomic E-state index is 6.25. The van der Waals surface area contributed by atoms with Crippen LogP contribution in [0.15, 0.2) is 72.8 Å². The molecular weight excluding hydrogens is 365 g/mol. The number of fused-ring (bicyclic) bond motifs is 1. The highest BCUT2D eigenvalue weighted by atomic mass is 35.5. The molecule has 26 heavy (non-hydrogen) atoms. The number of aromatic nitrogens is 2. The van der Waals surface area contributed by atoms with Crippen LogP contribution in [0, 0.1) is 6.92 Å². The molecule has 0 aliphatic rings. The molecule has 0 spiro atoms. The topological polar surface area (TPSA) is 37.8 Å². The van der Waals surface area contributed by atoms with Crippen molar-refractivity contribution in [2.75, 3.05) is 5.32 Å². The second kappa shape index (κ2) is 7.73. The third-order valence-corrected chi connectivity index (χ3v) is 4.57. The summed E-state index contributed by atoms with van der Waals surface area (Å²) in [5.74, 6) is 1.47. The maximum Gasteiger partial charge on any atom is 0.162 e. The molecule has 0 saturated carbocycles. The van der Waals surface area contributed by atoms with Crippen molar-refractivity contribution in [2.45, 2.75) is 6.92 Å². The van der Waals surface area contributed by atoms with Gasteiger partial charge in [0.15, 0.2) is 5.82 Å². The molecule has 5 heteroatoms. The molecule has 0 unspecified atom stereocenters. The molecule has 0 bridgehead atoms. The molecule has 3 nitrogen and oxygen atoms in total. The fourth-order valence-corrected chi connectivity index (χ4v) is 2.93. The van der Waals surface area contributed by atoms with E-state index in [1.54, 1.807) is 0 Å². The van der Waals surface area contributed by atoms with Crippen LogP contribution in [0.2, 0.25) is 5.02 Å². The van der Waals surface area contributed by atoms with Crippen molar-refractivity contribution in [2.24, 2.45) is 0 Å². The van der Waals surface area contributed by atoms with E-state index < -0.39 is 0 Å². The molecule has 130 valence electrons. The highest BCUT2D eigenvalue weighted by Gasteiger charge is 2.11. The van der Waals surface area contributed by atoms with Crippen LogP contribution in [0.3, 0.4) is 0 Å². The first-order chi connectivity index (χ1) is 12.2. The molecule has 4 rings (SSSR count). The molecule has 0 aliphatic carbocycles. The van der Waals surface area contributed by atoms with Crippen molar-refractivity contribution in [1.82, 2.24) is 9.97 Å². The molecule has 1 N–H and O–H groups in total. The van der Waals surface area contributed by atoms with Gasteiger partial charge < -0.3 is 5.32 Å². The number of anilines is 2. The lowest BCUT2D eigenvalue weighted by Crippen LogP contribution is -2.00. The van der Waals surface area contributed by atoms with E-state index in [0.29, 0.717) is 5.82 Å². The minimum absolute atomic E-state index is 0. The molecule has 1 heterocycles. The average Bonchev–Trinajstić information content (AvgIpc) is 2.66. The smallest absolute Gasteiger partial charge is 0.162 e. The Kier molecular flexibility index (Phi) is 5.40. The van der Waals surface area contributed by atoms with Gasteiger partial charge in [-0.1, -0.05) is 60.1 Å². The van der Waals surface area contributed by atoms with Crippen LogP contribution in [-0.2, 0) is 0 Å². The number of hydrogen-bond acceptors (Lipinski definition) is 3. The van der Waals surface area contributed by atoms with Gasteiger partial charge in [0.25, 0.3) is 0 Å². The van der Waals surface area contributed by atoms with Crippen LogP contribution in [0.25, 0.3) is 22.3 Å². The SMILES string of the molecule is Cc1c(Cl)cccc1Nc1nc(-c2ccccc2)nc2ccccc12.Cl. The summed E-state index contributed by atoms with van der Waals surface area (Å²) in [4.78, 5) is 9.48. The van der Waals surface area contributed by atoms with Crippen LogP contribution in [0.5, 0.6) is 0 Å². The van der Waals surface area contributed by atoms with Gasteiger partial charge in [-0.25, -0.2) is 9.97 Å². The molecule has 0 saturated heterocycles. The van der Waals surface area contributed by atoms with Crippen LogP contribution in [0.1, 0.15) is 5.56 Å². The molecule has 0 aliphatic heterocycles. The Labute approximate surface area is 163 Å². The first-order valence-corrected chi connectivity index (χ1v) is 8.44. The normalized spacial score (nSPS) is 10.4. The number of nitrogens with zero attached hydrogens (tertiary/aromatic N) is 2. The zero-order valence-corrected chi connectivity index (χ0v) is 15.7. The molecule has 0 radical (unpaired) electrons. The highest BCUT2D eigenvalue weighted by Crippen LogP contribution is 2.30. The summed E-state index contributed by atoms with van der Waals surface area (Å²) >= 11 is 6.25. The first-order valence-electron chi connectivity index (χ1n) is 8.07. The van der Waals surface area contributed by atoms with Crippen LogP contribution in [0.4, 0.5) is 11.5 Å². The van der Waals surface area contributed by atoms with E-state index in [-0.39, 0.29) is 12.4 Å². The largest absolute Gasteiger partial charge is 0.339 e.